The molecule has 26 heavy (non-hydrogen) atoms. The van der Waals surface area contributed by atoms with Crippen molar-refractivity contribution in [2.45, 2.75) is 12.8 Å². The predicted molar refractivity (Wildman–Crippen MR) is 104 cm³/mol. The molecule has 0 atom stereocenters. The first-order valence-electron chi connectivity index (χ1n) is 8.97. The van der Waals surface area contributed by atoms with Gasteiger partial charge in [-0.1, -0.05) is 18.2 Å². The van der Waals surface area contributed by atoms with Gasteiger partial charge in [-0.05, 0) is 49.2 Å². The third-order valence-corrected chi connectivity index (χ3v) is 4.82. The molecule has 0 radical (unpaired) electrons. The van der Waals surface area contributed by atoms with Crippen LogP contribution in [0.15, 0.2) is 54.6 Å². The number of nitrogens with one attached hydrogen (secondary N) is 1. The van der Waals surface area contributed by atoms with Crippen LogP contribution in [0.5, 0.6) is 0 Å². The Labute approximate surface area is 154 Å². The summed E-state index contributed by atoms with van der Waals surface area (Å²) >= 11 is 0. The van der Waals surface area contributed by atoms with Crippen molar-refractivity contribution >= 4 is 23.2 Å². The first-order valence-corrected chi connectivity index (χ1v) is 8.97. The van der Waals surface area contributed by atoms with Crippen molar-refractivity contribution in [3.8, 4) is 0 Å². The van der Waals surface area contributed by atoms with E-state index in [0.717, 1.165) is 11.4 Å². The molecule has 0 bridgehead atoms. The molecule has 2 aromatic rings. The van der Waals surface area contributed by atoms with Gasteiger partial charge in [-0.2, -0.15) is 0 Å². The third kappa shape index (κ3) is 4.23. The van der Waals surface area contributed by atoms with Crippen LogP contribution in [0.4, 0.5) is 11.4 Å². The fourth-order valence-corrected chi connectivity index (χ4v) is 3.20. The number of benzene rings is 2. The Bertz CT molecular complexity index is 749. The number of nitrogens with zero attached hydrogens (tertiary/aromatic N) is 2. The van der Waals surface area contributed by atoms with Gasteiger partial charge in [-0.25, -0.2) is 0 Å². The van der Waals surface area contributed by atoms with Crippen molar-refractivity contribution < 1.29 is 9.59 Å². The number of anilines is 2. The van der Waals surface area contributed by atoms with Crippen LogP contribution in [0.3, 0.4) is 0 Å². The maximum atomic E-state index is 12.5. The number of rotatable bonds is 4. The highest BCUT2D eigenvalue weighted by atomic mass is 16.2. The van der Waals surface area contributed by atoms with Crippen LogP contribution in [0.25, 0.3) is 0 Å². The number of carbonyl (C=O) groups excluding carboxylic acids is 2. The van der Waals surface area contributed by atoms with Crippen molar-refractivity contribution in [1.82, 2.24) is 4.90 Å². The molecule has 1 aliphatic rings. The minimum Gasteiger partial charge on any atom is -0.378 e. The molecular formula is C21H25N3O2. The van der Waals surface area contributed by atoms with Crippen molar-refractivity contribution in [2.24, 2.45) is 5.92 Å². The highest BCUT2D eigenvalue weighted by molar-refractivity contribution is 5.95. The van der Waals surface area contributed by atoms with Crippen LogP contribution in [0.2, 0.25) is 0 Å². The van der Waals surface area contributed by atoms with E-state index in [4.69, 9.17) is 0 Å². The van der Waals surface area contributed by atoms with Crippen molar-refractivity contribution in [3.05, 3.63) is 60.2 Å². The maximum Gasteiger partial charge on any atom is 0.253 e. The number of amides is 2. The Morgan fingerprint density at radius 2 is 1.58 bits per heavy atom. The Morgan fingerprint density at radius 1 is 0.962 bits per heavy atom. The lowest BCUT2D eigenvalue weighted by Gasteiger charge is -2.31. The molecule has 1 aliphatic heterocycles. The van der Waals surface area contributed by atoms with Crippen molar-refractivity contribution in [3.63, 3.8) is 0 Å². The quantitative estimate of drug-likeness (QED) is 0.920. The first kappa shape index (κ1) is 18.0. The summed E-state index contributed by atoms with van der Waals surface area (Å²) in [5, 5.41) is 2.99. The van der Waals surface area contributed by atoms with Gasteiger partial charge in [-0.3, -0.25) is 9.59 Å². The second-order valence-corrected chi connectivity index (χ2v) is 6.86. The van der Waals surface area contributed by atoms with Gasteiger partial charge in [0.15, 0.2) is 0 Å². The molecule has 0 unspecified atom stereocenters. The number of piperidine rings is 1. The van der Waals surface area contributed by atoms with Gasteiger partial charge in [0.1, 0.15) is 0 Å². The average Bonchev–Trinajstić information content (AvgIpc) is 2.68. The van der Waals surface area contributed by atoms with Crippen molar-refractivity contribution in [1.29, 1.82) is 0 Å². The normalized spacial score (nSPS) is 14.8. The molecule has 0 spiro atoms. The van der Waals surface area contributed by atoms with Crippen LogP contribution >= 0.6 is 0 Å². The lowest BCUT2D eigenvalue weighted by molar-refractivity contribution is -0.121. The van der Waals surface area contributed by atoms with Gasteiger partial charge in [0.25, 0.3) is 5.91 Å². The fourth-order valence-electron chi connectivity index (χ4n) is 3.20. The SMILES string of the molecule is CN(C)c1ccc(NC(=O)C2CCN(C(=O)c3ccccc3)CC2)cc1. The Balaban J connectivity index is 1.52. The molecule has 5 nitrogen and oxygen atoms in total. The minimum atomic E-state index is -0.0525. The summed E-state index contributed by atoms with van der Waals surface area (Å²) in [6.45, 7) is 1.23. The zero-order chi connectivity index (χ0) is 18.5. The molecule has 5 heteroatoms. The second-order valence-electron chi connectivity index (χ2n) is 6.86. The molecule has 1 fully saturated rings. The summed E-state index contributed by atoms with van der Waals surface area (Å²) in [4.78, 5) is 28.8. The van der Waals surface area contributed by atoms with Crippen LogP contribution in [-0.4, -0.2) is 43.9 Å². The molecule has 3 rings (SSSR count). The topological polar surface area (TPSA) is 52.7 Å². The van der Waals surface area contributed by atoms with Gasteiger partial charge >= 0.3 is 0 Å². The van der Waals surface area contributed by atoms with Crippen molar-refractivity contribution in [2.75, 3.05) is 37.4 Å². The van der Waals surface area contributed by atoms with E-state index in [2.05, 4.69) is 5.32 Å². The summed E-state index contributed by atoms with van der Waals surface area (Å²) in [6, 6.07) is 17.1. The molecule has 1 heterocycles. The van der Waals surface area contributed by atoms with E-state index in [-0.39, 0.29) is 17.7 Å². The highest BCUT2D eigenvalue weighted by Gasteiger charge is 2.27. The minimum absolute atomic E-state index is 0.0365. The number of likely N-dealkylation sites (tertiary alicyclic amines) is 1. The van der Waals surface area contributed by atoms with E-state index in [1.54, 1.807) is 0 Å². The van der Waals surface area contributed by atoms with Crippen LogP contribution in [-0.2, 0) is 4.79 Å². The molecule has 0 aliphatic carbocycles. The van der Waals surface area contributed by atoms with E-state index in [1.807, 2.05) is 78.5 Å². The summed E-state index contributed by atoms with van der Waals surface area (Å²) < 4.78 is 0. The molecule has 0 aromatic heterocycles. The summed E-state index contributed by atoms with van der Waals surface area (Å²) in [7, 11) is 3.97. The smallest absolute Gasteiger partial charge is 0.253 e. The molecule has 2 aromatic carbocycles. The van der Waals surface area contributed by atoms with Gasteiger partial charge < -0.3 is 15.1 Å². The lowest BCUT2D eigenvalue weighted by atomic mass is 9.95. The van der Waals surface area contributed by atoms with E-state index in [1.165, 1.54) is 0 Å². The fraction of sp³-hybridized carbons (Fsp3) is 0.333. The molecule has 0 saturated carbocycles. The van der Waals surface area contributed by atoms with Gasteiger partial charge in [0.05, 0.1) is 0 Å². The Hall–Kier alpha value is -2.82. The zero-order valence-electron chi connectivity index (χ0n) is 15.3. The molecule has 1 N–H and O–H groups in total. The Morgan fingerprint density at radius 3 is 2.15 bits per heavy atom. The largest absolute Gasteiger partial charge is 0.378 e. The van der Waals surface area contributed by atoms with Gasteiger partial charge in [-0.15, -0.1) is 0 Å². The number of hydrogen-bond donors (Lipinski definition) is 1. The van der Waals surface area contributed by atoms with E-state index in [9.17, 15) is 9.59 Å². The summed E-state index contributed by atoms with van der Waals surface area (Å²) in [6.07, 6.45) is 1.39. The van der Waals surface area contributed by atoms with Gasteiger partial charge in [0, 0.05) is 50.0 Å². The lowest BCUT2D eigenvalue weighted by Crippen LogP contribution is -2.41. The number of carbonyl (C=O) groups is 2. The average molecular weight is 351 g/mol. The standard InChI is InChI=1S/C21H25N3O2/c1-23(2)19-10-8-18(9-11-19)22-20(25)16-12-14-24(15-13-16)21(26)17-6-4-3-5-7-17/h3-11,16H,12-15H2,1-2H3,(H,22,25). The first-order chi connectivity index (χ1) is 12.5. The van der Waals surface area contributed by atoms with E-state index in [0.29, 0.717) is 31.5 Å². The highest BCUT2D eigenvalue weighted by Crippen LogP contribution is 2.22. The van der Waals surface area contributed by atoms with Crippen LogP contribution < -0.4 is 10.2 Å². The number of hydrogen-bond acceptors (Lipinski definition) is 3. The maximum absolute atomic E-state index is 12.5. The monoisotopic (exact) mass is 351 g/mol. The zero-order valence-corrected chi connectivity index (χ0v) is 15.3. The van der Waals surface area contributed by atoms with E-state index < -0.39 is 0 Å². The summed E-state index contributed by atoms with van der Waals surface area (Å²) in [5.74, 6) is 0.0292. The summed E-state index contributed by atoms with van der Waals surface area (Å²) in [5.41, 5.74) is 2.61. The predicted octanol–water partition coefficient (Wildman–Crippen LogP) is 3.24. The van der Waals surface area contributed by atoms with Gasteiger partial charge in [0.2, 0.25) is 5.91 Å². The third-order valence-electron chi connectivity index (χ3n) is 4.82. The molecule has 1 saturated heterocycles. The second kappa shape index (κ2) is 8.04. The van der Waals surface area contributed by atoms with Crippen LogP contribution in [0.1, 0.15) is 23.2 Å². The Kier molecular flexibility index (Phi) is 5.56. The van der Waals surface area contributed by atoms with E-state index >= 15 is 0 Å². The molecule has 136 valence electrons. The molecule has 2 amide bonds. The molecular weight excluding hydrogens is 326 g/mol. The van der Waals surface area contributed by atoms with Crippen LogP contribution in [0, 0.1) is 5.92 Å².